The molecule has 0 aliphatic heterocycles. The van der Waals surface area contributed by atoms with Crippen LogP contribution in [0.5, 0.6) is 0 Å². The monoisotopic (exact) mass is 380 g/mol. The molecule has 1 N–H and O–H groups in total. The van der Waals surface area contributed by atoms with Crippen LogP contribution in [0, 0.1) is 5.92 Å². The molecule has 0 spiro atoms. The van der Waals surface area contributed by atoms with Crippen molar-refractivity contribution in [3.63, 3.8) is 0 Å². The Kier molecular flexibility index (Phi) is 5.07. The van der Waals surface area contributed by atoms with E-state index >= 15 is 0 Å². The van der Waals surface area contributed by atoms with Gasteiger partial charge in [0.05, 0.1) is 0 Å². The number of halogens is 2. The number of alkyl halides is 2. The zero-order valence-corrected chi connectivity index (χ0v) is 15.5. The first-order chi connectivity index (χ1) is 13.5. The lowest BCUT2D eigenvalue weighted by molar-refractivity contribution is -0.0452. The van der Waals surface area contributed by atoms with Crippen molar-refractivity contribution < 1.29 is 13.6 Å². The van der Waals surface area contributed by atoms with Gasteiger partial charge in [0.1, 0.15) is 0 Å². The zero-order chi connectivity index (χ0) is 19.6. The fourth-order valence-corrected chi connectivity index (χ4v) is 3.84. The third-order valence-corrected chi connectivity index (χ3v) is 5.50. The Bertz CT molecular complexity index is 978. The molecule has 1 saturated carbocycles. The van der Waals surface area contributed by atoms with Crippen LogP contribution in [0.2, 0.25) is 0 Å². The Labute approximate surface area is 162 Å². The second kappa shape index (κ2) is 7.66. The maximum Gasteiger partial charge on any atom is 0.251 e. The minimum atomic E-state index is -2.54. The fraction of sp³-hybridized carbons (Fsp3) is 0.304. The van der Waals surface area contributed by atoms with E-state index in [2.05, 4.69) is 10.3 Å². The standard InChI is InChI=1S/C23H22F2N2O/c24-23(25)10-8-16(9-11-23)14-27-22(28)18-6-7-21-17(13-18)3-1-5-20(21)19-4-2-12-26-15-19/h1-7,12-13,15-16H,8-11,14H2,(H,27,28). The van der Waals surface area contributed by atoms with Gasteiger partial charge >= 0.3 is 0 Å². The number of benzene rings is 2. The van der Waals surface area contributed by atoms with Crippen molar-refractivity contribution in [2.24, 2.45) is 5.92 Å². The number of fused-ring (bicyclic) bond motifs is 1. The quantitative estimate of drug-likeness (QED) is 0.653. The van der Waals surface area contributed by atoms with Crippen LogP contribution in [0.3, 0.4) is 0 Å². The first-order valence-corrected chi connectivity index (χ1v) is 9.61. The molecule has 3 aromatic rings. The molecule has 1 amide bonds. The predicted molar refractivity (Wildman–Crippen MR) is 106 cm³/mol. The largest absolute Gasteiger partial charge is 0.352 e. The predicted octanol–water partition coefficient (Wildman–Crippen LogP) is 5.46. The molecule has 0 atom stereocenters. The van der Waals surface area contributed by atoms with Crippen LogP contribution < -0.4 is 5.32 Å². The van der Waals surface area contributed by atoms with Gasteiger partial charge in [-0.05, 0) is 53.3 Å². The summed E-state index contributed by atoms with van der Waals surface area (Å²) >= 11 is 0. The normalized spacial score (nSPS) is 16.8. The van der Waals surface area contributed by atoms with Crippen molar-refractivity contribution in [1.82, 2.24) is 10.3 Å². The van der Waals surface area contributed by atoms with Crippen LogP contribution in [0.15, 0.2) is 60.9 Å². The maximum absolute atomic E-state index is 13.3. The van der Waals surface area contributed by atoms with Crippen molar-refractivity contribution in [3.8, 4) is 11.1 Å². The van der Waals surface area contributed by atoms with E-state index in [-0.39, 0.29) is 24.7 Å². The first-order valence-electron chi connectivity index (χ1n) is 9.61. The minimum absolute atomic E-state index is 0.0827. The molecule has 1 aromatic heterocycles. The number of amides is 1. The SMILES string of the molecule is O=C(NCC1CCC(F)(F)CC1)c1ccc2c(-c3cccnc3)cccc2c1. The molecule has 28 heavy (non-hydrogen) atoms. The van der Waals surface area contributed by atoms with Gasteiger partial charge in [-0.2, -0.15) is 0 Å². The summed E-state index contributed by atoms with van der Waals surface area (Å²) in [6.07, 6.45) is 4.31. The highest BCUT2D eigenvalue weighted by Crippen LogP contribution is 2.35. The van der Waals surface area contributed by atoms with E-state index in [4.69, 9.17) is 0 Å². The summed E-state index contributed by atoms with van der Waals surface area (Å²) in [7, 11) is 0. The number of carbonyl (C=O) groups is 1. The third kappa shape index (κ3) is 4.03. The van der Waals surface area contributed by atoms with Crippen molar-refractivity contribution >= 4 is 16.7 Å². The van der Waals surface area contributed by atoms with Gasteiger partial charge in [0, 0.05) is 42.9 Å². The van der Waals surface area contributed by atoms with Gasteiger partial charge in [-0.1, -0.05) is 30.3 Å². The van der Waals surface area contributed by atoms with E-state index in [0.717, 1.165) is 21.9 Å². The summed E-state index contributed by atoms with van der Waals surface area (Å²) in [5.74, 6) is -2.57. The molecule has 0 radical (unpaired) electrons. The number of hydrogen-bond donors (Lipinski definition) is 1. The molecule has 4 rings (SSSR count). The lowest BCUT2D eigenvalue weighted by Gasteiger charge is -2.28. The van der Waals surface area contributed by atoms with Gasteiger partial charge in [0.15, 0.2) is 0 Å². The molecule has 144 valence electrons. The molecule has 0 saturated heterocycles. The summed E-state index contributed by atoms with van der Waals surface area (Å²) in [5.41, 5.74) is 2.68. The molecule has 1 aliphatic rings. The average Bonchev–Trinajstić information content (AvgIpc) is 2.72. The molecule has 1 fully saturated rings. The summed E-state index contributed by atoms with van der Waals surface area (Å²) in [4.78, 5) is 16.7. The molecule has 5 heteroatoms. The van der Waals surface area contributed by atoms with Crippen LogP contribution in [-0.2, 0) is 0 Å². The highest BCUT2D eigenvalue weighted by molar-refractivity contribution is 6.02. The van der Waals surface area contributed by atoms with E-state index in [1.807, 2.05) is 54.7 Å². The van der Waals surface area contributed by atoms with E-state index in [0.29, 0.717) is 24.9 Å². The van der Waals surface area contributed by atoms with Gasteiger partial charge in [-0.15, -0.1) is 0 Å². The van der Waals surface area contributed by atoms with Crippen molar-refractivity contribution in [1.29, 1.82) is 0 Å². The highest BCUT2D eigenvalue weighted by Gasteiger charge is 2.34. The molecule has 1 heterocycles. The molecule has 0 bridgehead atoms. The number of nitrogens with one attached hydrogen (secondary N) is 1. The third-order valence-electron chi connectivity index (χ3n) is 5.50. The van der Waals surface area contributed by atoms with Crippen LogP contribution in [0.1, 0.15) is 36.0 Å². The van der Waals surface area contributed by atoms with E-state index < -0.39 is 5.92 Å². The summed E-state index contributed by atoms with van der Waals surface area (Å²) in [6.45, 7) is 0.447. The zero-order valence-electron chi connectivity index (χ0n) is 15.5. The van der Waals surface area contributed by atoms with E-state index in [9.17, 15) is 13.6 Å². The molecular weight excluding hydrogens is 358 g/mol. The second-order valence-corrected chi connectivity index (χ2v) is 7.49. The van der Waals surface area contributed by atoms with Gasteiger partial charge in [0.25, 0.3) is 5.91 Å². The number of pyridine rings is 1. The Balaban J connectivity index is 1.48. The number of rotatable bonds is 4. The molecule has 1 aliphatic carbocycles. The van der Waals surface area contributed by atoms with Crippen LogP contribution >= 0.6 is 0 Å². The molecule has 2 aromatic carbocycles. The van der Waals surface area contributed by atoms with E-state index in [1.54, 1.807) is 6.20 Å². The second-order valence-electron chi connectivity index (χ2n) is 7.49. The number of aromatic nitrogens is 1. The summed E-state index contributed by atoms with van der Waals surface area (Å²) in [5, 5.41) is 4.95. The number of nitrogens with zero attached hydrogens (tertiary/aromatic N) is 1. The Hall–Kier alpha value is -2.82. The van der Waals surface area contributed by atoms with Crippen molar-refractivity contribution in [2.75, 3.05) is 6.54 Å². The molecular formula is C23H22F2N2O. The minimum Gasteiger partial charge on any atom is -0.352 e. The van der Waals surface area contributed by atoms with Gasteiger partial charge in [-0.3, -0.25) is 9.78 Å². The van der Waals surface area contributed by atoms with Gasteiger partial charge in [0.2, 0.25) is 5.92 Å². The number of hydrogen-bond acceptors (Lipinski definition) is 2. The Morgan fingerprint density at radius 3 is 2.68 bits per heavy atom. The van der Waals surface area contributed by atoms with Crippen LogP contribution in [0.25, 0.3) is 21.9 Å². The van der Waals surface area contributed by atoms with Crippen LogP contribution in [-0.4, -0.2) is 23.4 Å². The fourth-order valence-electron chi connectivity index (χ4n) is 3.84. The summed E-state index contributed by atoms with van der Waals surface area (Å²) < 4.78 is 26.5. The highest BCUT2D eigenvalue weighted by atomic mass is 19.3. The molecule has 3 nitrogen and oxygen atoms in total. The first kappa shape index (κ1) is 18.5. The van der Waals surface area contributed by atoms with Gasteiger partial charge in [-0.25, -0.2) is 8.78 Å². The Morgan fingerprint density at radius 2 is 1.93 bits per heavy atom. The lowest BCUT2D eigenvalue weighted by Crippen LogP contribution is -2.33. The number of carbonyl (C=O) groups excluding carboxylic acids is 1. The smallest absolute Gasteiger partial charge is 0.251 e. The lowest BCUT2D eigenvalue weighted by atomic mass is 9.87. The Morgan fingerprint density at radius 1 is 1.11 bits per heavy atom. The molecule has 0 unspecified atom stereocenters. The maximum atomic E-state index is 13.3. The van der Waals surface area contributed by atoms with Gasteiger partial charge < -0.3 is 5.32 Å². The summed E-state index contributed by atoms with van der Waals surface area (Å²) in [6, 6.07) is 15.5. The van der Waals surface area contributed by atoms with Crippen molar-refractivity contribution in [2.45, 2.75) is 31.6 Å². The average molecular weight is 380 g/mol. The van der Waals surface area contributed by atoms with Crippen LogP contribution in [0.4, 0.5) is 8.78 Å². The topological polar surface area (TPSA) is 42.0 Å². The van der Waals surface area contributed by atoms with E-state index in [1.165, 1.54) is 0 Å². The van der Waals surface area contributed by atoms with Crippen molar-refractivity contribution in [3.05, 3.63) is 66.5 Å².